The summed E-state index contributed by atoms with van der Waals surface area (Å²) in [4.78, 5) is 25.0. The summed E-state index contributed by atoms with van der Waals surface area (Å²) >= 11 is 0. The lowest BCUT2D eigenvalue weighted by Crippen LogP contribution is -2.60. The first-order valence-corrected chi connectivity index (χ1v) is 13.0. The average Bonchev–Trinajstić information content (AvgIpc) is 2.97. The number of carbonyl (C=O) groups is 2. The van der Waals surface area contributed by atoms with Crippen molar-refractivity contribution in [2.45, 2.75) is 43.2 Å². The highest BCUT2D eigenvalue weighted by Crippen LogP contribution is 2.43. The van der Waals surface area contributed by atoms with E-state index in [1.54, 1.807) is 24.3 Å². The van der Waals surface area contributed by atoms with E-state index in [0.29, 0.717) is 5.56 Å². The van der Waals surface area contributed by atoms with E-state index in [0.717, 1.165) is 11.6 Å². The van der Waals surface area contributed by atoms with Gasteiger partial charge in [0, 0.05) is 18.2 Å². The first kappa shape index (κ1) is 28.9. The van der Waals surface area contributed by atoms with Gasteiger partial charge in [-0.05, 0) is 29.3 Å². The number of Topliss-reactive ketones (excluding diaryl/α,β-unsaturated/α-hetero) is 1. The molecule has 2 aliphatic heterocycles. The highest BCUT2D eigenvalue weighted by atomic mass is 16.7. The lowest BCUT2D eigenvalue weighted by atomic mass is 9.95. The Hall–Kier alpha value is -4.62. The minimum Gasteiger partial charge on any atom is -0.507 e. The molecule has 3 aromatic rings. The Morgan fingerprint density at radius 1 is 0.905 bits per heavy atom. The molecule has 0 unspecified atom stereocenters. The van der Waals surface area contributed by atoms with Crippen LogP contribution in [0, 0.1) is 0 Å². The van der Waals surface area contributed by atoms with Crippen molar-refractivity contribution in [3.8, 4) is 28.7 Å². The van der Waals surface area contributed by atoms with Crippen molar-refractivity contribution < 1.29 is 59.2 Å². The quantitative estimate of drug-likeness (QED) is 0.135. The number of phenolic OH excluding ortho intramolecular Hbond substituents is 3. The van der Waals surface area contributed by atoms with E-state index in [2.05, 4.69) is 0 Å². The summed E-state index contributed by atoms with van der Waals surface area (Å²) in [6.45, 7) is -0.475. The molecule has 1 fully saturated rings. The average molecular weight is 581 g/mol. The fraction of sp³-hybridized carbons (Fsp3) is 0.267. The summed E-state index contributed by atoms with van der Waals surface area (Å²) in [5.41, 5.74) is 1.06. The van der Waals surface area contributed by atoms with Crippen LogP contribution >= 0.6 is 0 Å². The monoisotopic (exact) mass is 580 g/mol. The Morgan fingerprint density at radius 2 is 1.67 bits per heavy atom. The topological polar surface area (TPSA) is 192 Å². The molecule has 0 spiro atoms. The molecule has 0 saturated carbocycles. The number of fused-ring (bicyclic) bond motifs is 1. The van der Waals surface area contributed by atoms with Gasteiger partial charge in [-0.2, -0.15) is 0 Å². The van der Waals surface area contributed by atoms with E-state index in [9.17, 15) is 40.2 Å². The summed E-state index contributed by atoms with van der Waals surface area (Å²) in [5, 5.41) is 61.2. The number of esters is 1. The van der Waals surface area contributed by atoms with E-state index in [1.165, 1.54) is 36.4 Å². The molecular formula is C30H28O12. The summed E-state index contributed by atoms with van der Waals surface area (Å²) in [7, 11) is 0. The molecule has 6 atom stereocenters. The summed E-state index contributed by atoms with van der Waals surface area (Å²) in [6, 6.07) is 15.4. The highest BCUT2D eigenvalue weighted by molar-refractivity contribution is 6.02. The van der Waals surface area contributed by atoms with Crippen LogP contribution in [0.15, 0.2) is 66.7 Å². The second-order valence-corrected chi connectivity index (χ2v) is 9.80. The van der Waals surface area contributed by atoms with Crippen LogP contribution in [0.2, 0.25) is 0 Å². The predicted octanol–water partition coefficient (Wildman–Crippen LogP) is 1.95. The van der Waals surface area contributed by atoms with Crippen LogP contribution < -0.4 is 9.47 Å². The van der Waals surface area contributed by atoms with Gasteiger partial charge < -0.3 is 49.6 Å². The molecule has 0 aromatic heterocycles. The van der Waals surface area contributed by atoms with Crippen LogP contribution in [-0.2, 0) is 14.3 Å². The van der Waals surface area contributed by atoms with E-state index >= 15 is 0 Å². The normalized spacial score (nSPS) is 25.5. The fourth-order valence-electron chi connectivity index (χ4n) is 4.64. The van der Waals surface area contributed by atoms with Gasteiger partial charge in [0.1, 0.15) is 59.9 Å². The Morgan fingerprint density at radius 3 is 2.40 bits per heavy atom. The number of hydrogen-bond donors (Lipinski definition) is 6. The maximum absolute atomic E-state index is 12.8. The Balaban J connectivity index is 1.28. The Labute approximate surface area is 239 Å². The SMILES string of the molecule is O=C(/C=C/c1ccccc1)OC[C@H]1O[C@@H](Oc2cc(O)c3c(c2)O[C@H](c2ccc(O)c(O)c2)CC3=O)[C@H](O)[C@@H](O)[C@@H]1O. The van der Waals surface area contributed by atoms with Crippen LogP contribution in [0.1, 0.15) is 34.0 Å². The molecule has 0 amide bonds. The molecule has 220 valence electrons. The maximum Gasteiger partial charge on any atom is 0.330 e. The third kappa shape index (κ3) is 6.16. The second kappa shape index (κ2) is 12.1. The third-order valence-electron chi connectivity index (χ3n) is 6.87. The Kier molecular flexibility index (Phi) is 8.31. The number of aromatic hydroxyl groups is 3. The molecule has 5 rings (SSSR count). The van der Waals surface area contributed by atoms with Gasteiger partial charge in [-0.3, -0.25) is 4.79 Å². The number of benzene rings is 3. The largest absolute Gasteiger partial charge is 0.507 e. The molecule has 6 N–H and O–H groups in total. The van der Waals surface area contributed by atoms with E-state index in [1.807, 2.05) is 6.07 Å². The summed E-state index contributed by atoms with van der Waals surface area (Å²) in [6.07, 6.45) is -6.22. The van der Waals surface area contributed by atoms with Crippen molar-refractivity contribution in [2.75, 3.05) is 6.61 Å². The van der Waals surface area contributed by atoms with Gasteiger partial charge >= 0.3 is 5.97 Å². The molecule has 12 heteroatoms. The van der Waals surface area contributed by atoms with Gasteiger partial charge in [0.2, 0.25) is 6.29 Å². The van der Waals surface area contributed by atoms with Gasteiger partial charge in [-0.25, -0.2) is 4.79 Å². The number of phenols is 3. The molecule has 42 heavy (non-hydrogen) atoms. The van der Waals surface area contributed by atoms with Crippen molar-refractivity contribution in [1.82, 2.24) is 0 Å². The standard InChI is InChI=1S/C30H28O12/c31-18-8-7-16(10-19(18)32)22-13-21(34)26-20(33)11-17(12-23(26)41-22)40-30-29(38)28(37)27(36)24(42-30)14-39-25(35)9-6-15-4-2-1-3-5-15/h1-12,22,24,27-33,36-38H,13-14H2/b9-6+/t22-,24+,27+,28-,29+,30+/m0/s1. The molecule has 2 aliphatic rings. The highest BCUT2D eigenvalue weighted by Gasteiger charge is 2.45. The zero-order valence-electron chi connectivity index (χ0n) is 21.9. The second-order valence-electron chi connectivity index (χ2n) is 9.80. The number of ether oxygens (including phenoxy) is 4. The first-order valence-electron chi connectivity index (χ1n) is 13.0. The minimum absolute atomic E-state index is 0.0552. The van der Waals surface area contributed by atoms with Gasteiger partial charge in [0.05, 0.1) is 6.42 Å². The first-order chi connectivity index (χ1) is 20.1. The summed E-state index contributed by atoms with van der Waals surface area (Å²) < 4.78 is 22.3. The lowest BCUT2D eigenvalue weighted by molar-refractivity contribution is -0.278. The van der Waals surface area contributed by atoms with Crippen LogP contribution in [0.3, 0.4) is 0 Å². The predicted molar refractivity (Wildman–Crippen MR) is 144 cm³/mol. The van der Waals surface area contributed by atoms with Crippen molar-refractivity contribution in [1.29, 1.82) is 0 Å². The van der Waals surface area contributed by atoms with Crippen LogP contribution in [0.5, 0.6) is 28.7 Å². The molecule has 12 nitrogen and oxygen atoms in total. The Bertz CT molecular complexity index is 1490. The number of aliphatic hydroxyl groups excluding tert-OH is 3. The van der Waals surface area contributed by atoms with Gasteiger partial charge in [0.25, 0.3) is 0 Å². The van der Waals surface area contributed by atoms with Crippen molar-refractivity contribution in [2.24, 2.45) is 0 Å². The van der Waals surface area contributed by atoms with Crippen LogP contribution in [0.4, 0.5) is 0 Å². The van der Waals surface area contributed by atoms with Crippen molar-refractivity contribution in [3.63, 3.8) is 0 Å². The van der Waals surface area contributed by atoms with Crippen LogP contribution in [0.25, 0.3) is 6.08 Å². The maximum atomic E-state index is 12.8. The molecular weight excluding hydrogens is 552 g/mol. The van der Waals surface area contributed by atoms with Gasteiger partial charge in [-0.1, -0.05) is 36.4 Å². The molecule has 3 aromatic carbocycles. The molecule has 1 saturated heterocycles. The van der Waals surface area contributed by atoms with Crippen molar-refractivity contribution in [3.05, 3.63) is 83.4 Å². The molecule has 0 bridgehead atoms. The number of carbonyl (C=O) groups excluding carboxylic acids is 2. The van der Waals surface area contributed by atoms with Crippen molar-refractivity contribution >= 4 is 17.8 Å². The van der Waals surface area contributed by atoms with Crippen LogP contribution in [-0.4, -0.2) is 79.7 Å². The molecule has 0 aliphatic carbocycles. The van der Waals surface area contributed by atoms with E-state index in [-0.39, 0.29) is 29.2 Å². The summed E-state index contributed by atoms with van der Waals surface area (Å²) in [5.74, 6) is -2.56. The van der Waals surface area contributed by atoms with Gasteiger partial charge in [-0.15, -0.1) is 0 Å². The number of rotatable bonds is 7. The number of aliphatic hydroxyl groups is 3. The minimum atomic E-state index is -1.74. The third-order valence-corrected chi connectivity index (χ3v) is 6.87. The smallest absolute Gasteiger partial charge is 0.330 e. The molecule has 2 heterocycles. The molecule has 0 radical (unpaired) electrons. The zero-order chi connectivity index (χ0) is 30.0. The lowest BCUT2D eigenvalue weighted by Gasteiger charge is -2.40. The van der Waals surface area contributed by atoms with E-state index in [4.69, 9.17) is 18.9 Å². The fourth-order valence-corrected chi connectivity index (χ4v) is 4.64. The van der Waals surface area contributed by atoms with Gasteiger partial charge in [0.15, 0.2) is 17.3 Å². The number of ketones is 1. The van der Waals surface area contributed by atoms with E-state index < -0.39 is 66.7 Å². The zero-order valence-corrected chi connectivity index (χ0v) is 21.9. The number of hydrogen-bond acceptors (Lipinski definition) is 12.